The first-order chi connectivity index (χ1) is 9.69. The van der Waals surface area contributed by atoms with Crippen LogP contribution in [0, 0.1) is 23.1 Å². The highest BCUT2D eigenvalue weighted by Crippen LogP contribution is 2.12. The molecule has 1 aromatic heterocycles. The van der Waals surface area contributed by atoms with Gasteiger partial charge in [-0.1, -0.05) is 6.07 Å². The molecule has 0 unspecified atom stereocenters. The SMILES string of the molecule is N#C[C@@H](Cc1cccnc1)C(=O)Nc1ccc(F)cc1. The molecule has 0 radical (unpaired) electrons. The number of carbonyl (C=O) groups excluding carboxylic acids is 1. The standard InChI is InChI=1S/C15H12FN3O/c16-13-3-5-14(6-4-13)19-15(20)12(9-17)8-11-2-1-7-18-10-11/h1-7,10,12H,8H2,(H,19,20)/t12-/m1/s1. The van der Waals surface area contributed by atoms with Crippen LogP contribution in [0.25, 0.3) is 0 Å². The van der Waals surface area contributed by atoms with Crippen LogP contribution in [-0.4, -0.2) is 10.9 Å². The van der Waals surface area contributed by atoms with E-state index in [1.807, 2.05) is 12.1 Å². The van der Waals surface area contributed by atoms with Crippen molar-refractivity contribution in [3.8, 4) is 6.07 Å². The predicted octanol–water partition coefficient (Wildman–Crippen LogP) is 2.54. The molecule has 0 spiro atoms. The molecule has 2 rings (SSSR count). The highest BCUT2D eigenvalue weighted by atomic mass is 19.1. The number of aromatic nitrogens is 1. The predicted molar refractivity (Wildman–Crippen MR) is 72.1 cm³/mol. The third-order valence-electron chi connectivity index (χ3n) is 2.75. The van der Waals surface area contributed by atoms with E-state index in [2.05, 4.69) is 10.3 Å². The van der Waals surface area contributed by atoms with Gasteiger partial charge in [0.25, 0.3) is 0 Å². The molecule has 0 saturated carbocycles. The van der Waals surface area contributed by atoms with Gasteiger partial charge in [0.05, 0.1) is 6.07 Å². The number of amides is 1. The quantitative estimate of drug-likeness (QED) is 0.927. The summed E-state index contributed by atoms with van der Waals surface area (Å²) < 4.78 is 12.8. The fourth-order valence-electron chi connectivity index (χ4n) is 1.71. The molecule has 1 atom stereocenters. The topological polar surface area (TPSA) is 65.8 Å². The summed E-state index contributed by atoms with van der Waals surface area (Å²) in [6, 6.07) is 10.9. The first-order valence-electron chi connectivity index (χ1n) is 6.04. The summed E-state index contributed by atoms with van der Waals surface area (Å²) in [7, 11) is 0. The molecule has 0 aliphatic rings. The molecule has 0 aliphatic carbocycles. The first-order valence-corrected chi connectivity index (χ1v) is 6.04. The van der Waals surface area contributed by atoms with Crippen LogP contribution in [0.4, 0.5) is 10.1 Å². The van der Waals surface area contributed by atoms with Crippen molar-refractivity contribution in [1.29, 1.82) is 5.26 Å². The number of anilines is 1. The zero-order valence-electron chi connectivity index (χ0n) is 10.6. The normalized spacial score (nSPS) is 11.4. The van der Waals surface area contributed by atoms with Crippen molar-refractivity contribution < 1.29 is 9.18 Å². The fraction of sp³-hybridized carbons (Fsp3) is 0.133. The smallest absolute Gasteiger partial charge is 0.242 e. The van der Waals surface area contributed by atoms with Crippen molar-refractivity contribution >= 4 is 11.6 Å². The number of halogens is 1. The second-order valence-electron chi connectivity index (χ2n) is 4.24. The number of carbonyl (C=O) groups is 1. The molecule has 1 N–H and O–H groups in total. The third kappa shape index (κ3) is 3.62. The molecule has 20 heavy (non-hydrogen) atoms. The third-order valence-corrected chi connectivity index (χ3v) is 2.75. The van der Waals surface area contributed by atoms with Crippen LogP contribution in [0.1, 0.15) is 5.56 Å². The maximum atomic E-state index is 12.8. The van der Waals surface area contributed by atoms with Crippen molar-refractivity contribution in [3.05, 3.63) is 60.2 Å². The lowest BCUT2D eigenvalue weighted by atomic mass is 10.0. The number of hydrogen-bond donors (Lipinski definition) is 1. The molecule has 0 fully saturated rings. The molecule has 1 heterocycles. The van der Waals surface area contributed by atoms with E-state index in [9.17, 15) is 9.18 Å². The van der Waals surface area contributed by atoms with Gasteiger partial charge in [0.1, 0.15) is 11.7 Å². The van der Waals surface area contributed by atoms with Crippen molar-refractivity contribution in [2.45, 2.75) is 6.42 Å². The second-order valence-corrected chi connectivity index (χ2v) is 4.24. The molecule has 2 aromatic rings. The molecule has 5 heteroatoms. The highest BCUT2D eigenvalue weighted by molar-refractivity contribution is 5.94. The van der Waals surface area contributed by atoms with Crippen LogP contribution < -0.4 is 5.32 Å². The van der Waals surface area contributed by atoms with Crippen molar-refractivity contribution in [2.24, 2.45) is 5.92 Å². The van der Waals surface area contributed by atoms with Gasteiger partial charge in [-0.15, -0.1) is 0 Å². The van der Waals surface area contributed by atoms with Crippen LogP contribution in [0.5, 0.6) is 0 Å². The number of hydrogen-bond acceptors (Lipinski definition) is 3. The van der Waals surface area contributed by atoms with Gasteiger partial charge in [-0.25, -0.2) is 4.39 Å². The van der Waals surface area contributed by atoms with Gasteiger partial charge >= 0.3 is 0 Å². The van der Waals surface area contributed by atoms with E-state index in [4.69, 9.17) is 5.26 Å². The average Bonchev–Trinajstić information content (AvgIpc) is 2.48. The number of nitriles is 1. The highest BCUT2D eigenvalue weighted by Gasteiger charge is 2.18. The molecular formula is C15H12FN3O. The second kappa shape index (κ2) is 6.43. The summed E-state index contributed by atoms with van der Waals surface area (Å²) in [6.45, 7) is 0. The van der Waals surface area contributed by atoms with Gasteiger partial charge in [0.15, 0.2) is 0 Å². The number of benzene rings is 1. The monoisotopic (exact) mass is 269 g/mol. The van der Waals surface area contributed by atoms with Crippen LogP contribution in [0.3, 0.4) is 0 Å². The molecule has 4 nitrogen and oxygen atoms in total. The van der Waals surface area contributed by atoms with Crippen LogP contribution in [0.2, 0.25) is 0 Å². The maximum Gasteiger partial charge on any atom is 0.242 e. The van der Waals surface area contributed by atoms with Gasteiger partial charge in [0, 0.05) is 18.1 Å². The van der Waals surface area contributed by atoms with E-state index >= 15 is 0 Å². The average molecular weight is 269 g/mol. The lowest BCUT2D eigenvalue weighted by molar-refractivity contribution is -0.118. The zero-order chi connectivity index (χ0) is 14.4. The van der Waals surface area contributed by atoms with Gasteiger partial charge in [-0.2, -0.15) is 5.26 Å². The van der Waals surface area contributed by atoms with E-state index in [0.717, 1.165) is 5.56 Å². The lowest BCUT2D eigenvalue weighted by Gasteiger charge is -2.10. The summed E-state index contributed by atoms with van der Waals surface area (Å²) in [5.41, 5.74) is 1.27. The van der Waals surface area contributed by atoms with E-state index in [0.29, 0.717) is 5.69 Å². The van der Waals surface area contributed by atoms with E-state index in [1.54, 1.807) is 18.5 Å². The van der Waals surface area contributed by atoms with Crippen molar-refractivity contribution in [2.75, 3.05) is 5.32 Å². The number of pyridine rings is 1. The van der Waals surface area contributed by atoms with Crippen LogP contribution >= 0.6 is 0 Å². The molecule has 1 aromatic carbocycles. The number of nitrogens with zero attached hydrogens (tertiary/aromatic N) is 2. The summed E-state index contributed by atoms with van der Waals surface area (Å²) in [5, 5.41) is 11.7. The Labute approximate surface area is 115 Å². The fourth-order valence-corrected chi connectivity index (χ4v) is 1.71. The molecular weight excluding hydrogens is 257 g/mol. The van der Waals surface area contributed by atoms with E-state index in [-0.39, 0.29) is 12.2 Å². The van der Waals surface area contributed by atoms with E-state index in [1.165, 1.54) is 24.3 Å². The van der Waals surface area contributed by atoms with Gasteiger partial charge in [-0.05, 0) is 42.3 Å². The Morgan fingerprint density at radius 1 is 1.35 bits per heavy atom. The van der Waals surface area contributed by atoms with Gasteiger partial charge in [0.2, 0.25) is 5.91 Å². The summed E-state index contributed by atoms with van der Waals surface area (Å²) >= 11 is 0. The van der Waals surface area contributed by atoms with Crippen LogP contribution in [0.15, 0.2) is 48.8 Å². The lowest BCUT2D eigenvalue weighted by Crippen LogP contribution is -2.23. The summed E-state index contributed by atoms with van der Waals surface area (Å²) in [6.07, 6.45) is 3.54. The van der Waals surface area contributed by atoms with Crippen molar-refractivity contribution in [1.82, 2.24) is 4.98 Å². The maximum absolute atomic E-state index is 12.8. The molecule has 0 saturated heterocycles. The minimum atomic E-state index is -0.816. The van der Waals surface area contributed by atoms with Crippen LogP contribution in [-0.2, 0) is 11.2 Å². The Balaban J connectivity index is 2.03. The Bertz CT molecular complexity index is 620. The van der Waals surface area contributed by atoms with E-state index < -0.39 is 11.8 Å². The molecule has 100 valence electrons. The largest absolute Gasteiger partial charge is 0.325 e. The Morgan fingerprint density at radius 3 is 2.70 bits per heavy atom. The Kier molecular flexibility index (Phi) is 4.40. The summed E-state index contributed by atoms with van der Waals surface area (Å²) in [5.74, 6) is -1.61. The minimum Gasteiger partial charge on any atom is -0.325 e. The Morgan fingerprint density at radius 2 is 2.10 bits per heavy atom. The van der Waals surface area contributed by atoms with Gasteiger partial charge in [-0.3, -0.25) is 9.78 Å². The minimum absolute atomic E-state index is 0.289. The number of nitrogens with one attached hydrogen (secondary N) is 1. The summed E-state index contributed by atoms with van der Waals surface area (Å²) in [4.78, 5) is 15.9. The van der Waals surface area contributed by atoms with Gasteiger partial charge < -0.3 is 5.32 Å². The molecule has 0 bridgehead atoms. The number of rotatable bonds is 4. The Hall–Kier alpha value is -2.74. The first kappa shape index (κ1) is 13.7. The molecule has 1 amide bonds. The molecule has 0 aliphatic heterocycles. The van der Waals surface area contributed by atoms with Crippen molar-refractivity contribution in [3.63, 3.8) is 0 Å². The zero-order valence-corrected chi connectivity index (χ0v) is 10.6.